The zero-order chi connectivity index (χ0) is 22.0. The van der Waals surface area contributed by atoms with Gasteiger partial charge in [-0.1, -0.05) is 36.4 Å². The molecule has 33 heavy (non-hydrogen) atoms. The van der Waals surface area contributed by atoms with Crippen molar-refractivity contribution in [3.05, 3.63) is 66.9 Å². The SMILES string of the molecule is c1ccc(-c2cc(Nc3nc(N4CCOCC4)c4oc(-c5ccccn5)cc4n3)n[nH]2)cc1. The zero-order valence-corrected chi connectivity index (χ0v) is 17.7. The first-order chi connectivity index (χ1) is 16.3. The molecular weight excluding hydrogens is 418 g/mol. The van der Waals surface area contributed by atoms with Gasteiger partial charge >= 0.3 is 0 Å². The summed E-state index contributed by atoms with van der Waals surface area (Å²) in [6, 6.07) is 19.6. The monoisotopic (exact) mass is 439 g/mol. The van der Waals surface area contributed by atoms with Crippen LogP contribution in [-0.2, 0) is 4.74 Å². The van der Waals surface area contributed by atoms with Crippen LogP contribution in [0.1, 0.15) is 0 Å². The van der Waals surface area contributed by atoms with Gasteiger partial charge in [-0.2, -0.15) is 10.1 Å². The summed E-state index contributed by atoms with van der Waals surface area (Å²) in [5.74, 6) is 2.46. The molecule has 1 aliphatic rings. The minimum Gasteiger partial charge on any atom is -0.449 e. The largest absolute Gasteiger partial charge is 0.449 e. The van der Waals surface area contributed by atoms with Gasteiger partial charge in [-0.3, -0.25) is 10.1 Å². The number of aromatic amines is 1. The molecule has 0 bridgehead atoms. The maximum absolute atomic E-state index is 6.19. The lowest BCUT2D eigenvalue weighted by Gasteiger charge is -2.27. The van der Waals surface area contributed by atoms with E-state index < -0.39 is 0 Å². The van der Waals surface area contributed by atoms with Crippen LogP contribution in [0.3, 0.4) is 0 Å². The summed E-state index contributed by atoms with van der Waals surface area (Å²) in [4.78, 5) is 16.0. The first kappa shape index (κ1) is 19.4. The highest BCUT2D eigenvalue weighted by Crippen LogP contribution is 2.33. The van der Waals surface area contributed by atoms with Crippen molar-refractivity contribution in [2.75, 3.05) is 36.5 Å². The van der Waals surface area contributed by atoms with Crippen LogP contribution >= 0.6 is 0 Å². The van der Waals surface area contributed by atoms with E-state index >= 15 is 0 Å². The Morgan fingerprint density at radius 3 is 2.61 bits per heavy atom. The van der Waals surface area contributed by atoms with Gasteiger partial charge < -0.3 is 19.4 Å². The number of hydrogen-bond donors (Lipinski definition) is 2. The van der Waals surface area contributed by atoms with Crippen LogP contribution in [0.5, 0.6) is 0 Å². The van der Waals surface area contributed by atoms with Crippen LogP contribution in [0.2, 0.25) is 0 Å². The fraction of sp³-hybridized carbons (Fsp3) is 0.167. The van der Waals surface area contributed by atoms with Gasteiger partial charge in [0, 0.05) is 31.4 Å². The lowest BCUT2D eigenvalue weighted by Crippen LogP contribution is -2.37. The minimum absolute atomic E-state index is 0.448. The topological polar surface area (TPSA) is 105 Å². The van der Waals surface area contributed by atoms with Crippen molar-refractivity contribution in [1.29, 1.82) is 0 Å². The van der Waals surface area contributed by atoms with E-state index in [0.717, 1.165) is 35.9 Å². The highest BCUT2D eigenvalue weighted by Gasteiger charge is 2.22. The van der Waals surface area contributed by atoms with Crippen LogP contribution < -0.4 is 10.2 Å². The molecule has 0 atom stereocenters. The molecule has 5 aromatic rings. The molecule has 0 spiro atoms. The number of nitrogens with one attached hydrogen (secondary N) is 2. The molecule has 2 N–H and O–H groups in total. The molecule has 1 saturated heterocycles. The van der Waals surface area contributed by atoms with Gasteiger partial charge in [0.05, 0.1) is 18.9 Å². The van der Waals surface area contributed by atoms with Crippen molar-refractivity contribution in [1.82, 2.24) is 25.1 Å². The number of furan rings is 1. The average Bonchev–Trinajstić information content (AvgIpc) is 3.53. The molecule has 0 unspecified atom stereocenters. The third-order valence-corrected chi connectivity index (χ3v) is 5.48. The Morgan fingerprint density at radius 2 is 1.79 bits per heavy atom. The summed E-state index contributed by atoms with van der Waals surface area (Å²) in [6.07, 6.45) is 1.74. The standard InChI is InChI=1S/C24H21N7O2/c1-2-6-16(7-3-1)18-15-21(30-29-18)27-24-26-19-14-20(17-8-4-5-9-25-17)33-22(19)23(28-24)31-10-12-32-13-11-31/h1-9,14-15H,10-13H2,(H2,26,27,28,29,30). The predicted octanol–water partition coefficient (Wildman–Crippen LogP) is 4.26. The Balaban J connectivity index is 1.38. The van der Waals surface area contributed by atoms with Gasteiger partial charge in [0.25, 0.3) is 0 Å². The summed E-state index contributed by atoms with van der Waals surface area (Å²) in [5.41, 5.74) is 4.05. The lowest BCUT2D eigenvalue weighted by atomic mass is 10.2. The maximum Gasteiger partial charge on any atom is 0.231 e. The predicted molar refractivity (Wildman–Crippen MR) is 125 cm³/mol. The zero-order valence-electron chi connectivity index (χ0n) is 17.7. The maximum atomic E-state index is 6.19. The number of anilines is 3. The third-order valence-electron chi connectivity index (χ3n) is 5.48. The highest BCUT2D eigenvalue weighted by molar-refractivity contribution is 5.89. The van der Waals surface area contributed by atoms with E-state index in [1.165, 1.54) is 0 Å². The summed E-state index contributed by atoms with van der Waals surface area (Å²) in [6.45, 7) is 2.74. The molecule has 5 heterocycles. The molecule has 1 aromatic carbocycles. The Bertz CT molecular complexity index is 1380. The van der Waals surface area contributed by atoms with Crippen LogP contribution in [0, 0.1) is 0 Å². The number of benzene rings is 1. The second kappa shape index (κ2) is 8.36. The smallest absolute Gasteiger partial charge is 0.231 e. The minimum atomic E-state index is 0.448. The Labute approximate surface area is 189 Å². The first-order valence-electron chi connectivity index (χ1n) is 10.8. The Kier molecular flexibility index (Phi) is 4.93. The Morgan fingerprint density at radius 1 is 0.939 bits per heavy atom. The van der Waals surface area contributed by atoms with Crippen LogP contribution in [0.15, 0.2) is 71.3 Å². The van der Waals surface area contributed by atoms with Crippen molar-refractivity contribution >= 4 is 28.7 Å². The lowest BCUT2D eigenvalue weighted by molar-refractivity contribution is 0.122. The van der Waals surface area contributed by atoms with Gasteiger partial charge in [-0.15, -0.1) is 0 Å². The molecule has 0 aliphatic carbocycles. The van der Waals surface area contributed by atoms with Crippen LogP contribution in [0.25, 0.3) is 33.8 Å². The molecule has 0 amide bonds. The molecule has 0 saturated carbocycles. The number of pyridine rings is 1. The molecule has 1 fully saturated rings. The van der Waals surface area contributed by atoms with Gasteiger partial charge in [-0.05, 0) is 17.7 Å². The Hall–Kier alpha value is -4.24. The summed E-state index contributed by atoms with van der Waals surface area (Å²) >= 11 is 0. The van der Waals surface area contributed by atoms with E-state index in [9.17, 15) is 0 Å². The van der Waals surface area contributed by atoms with Gasteiger partial charge in [-0.25, -0.2) is 4.98 Å². The van der Waals surface area contributed by atoms with Gasteiger partial charge in [0.15, 0.2) is 23.0 Å². The number of hydrogen-bond acceptors (Lipinski definition) is 8. The number of nitrogens with zero attached hydrogens (tertiary/aromatic N) is 5. The molecule has 9 heteroatoms. The fourth-order valence-corrected chi connectivity index (χ4v) is 3.86. The molecular formula is C24H21N7O2. The molecule has 164 valence electrons. The van der Waals surface area contributed by atoms with E-state index in [-0.39, 0.29) is 0 Å². The summed E-state index contributed by atoms with van der Waals surface area (Å²) in [5, 5.41) is 10.7. The van der Waals surface area contributed by atoms with Crippen molar-refractivity contribution in [2.24, 2.45) is 0 Å². The normalized spacial score (nSPS) is 14.0. The van der Waals surface area contributed by atoms with E-state index in [1.54, 1.807) is 6.20 Å². The molecule has 4 aromatic heterocycles. The second-order valence-electron chi connectivity index (χ2n) is 7.67. The van der Waals surface area contributed by atoms with E-state index in [1.807, 2.05) is 60.7 Å². The molecule has 9 nitrogen and oxygen atoms in total. The van der Waals surface area contributed by atoms with Crippen LogP contribution in [0.4, 0.5) is 17.6 Å². The van der Waals surface area contributed by atoms with Crippen molar-refractivity contribution < 1.29 is 9.15 Å². The second-order valence-corrected chi connectivity index (χ2v) is 7.67. The molecule has 1 aliphatic heterocycles. The number of morpholine rings is 1. The molecule has 0 radical (unpaired) electrons. The van der Waals surface area contributed by atoms with E-state index in [4.69, 9.17) is 19.1 Å². The van der Waals surface area contributed by atoms with Gasteiger partial charge in [0.1, 0.15) is 11.2 Å². The summed E-state index contributed by atoms with van der Waals surface area (Å²) in [7, 11) is 0. The van der Waals surface area contributed by atoms with Crippen LogP contribution in [-0.4, -0.2) is 51.5 Å². The van der Waals surface area contributed by atoms with E-state index in [2.05, 4.69) is 25.4 Å². The number of fused-ring (bicyclic) bond motifs is 1. The fourth-order valence-electron chi connectivity index (χ4n) is 3.86. The number of aromatic nitrogens is 5. The third kappa shape index (κ3) is 3.90. The van der Waals surface area contributed by atoms with Crippen molar-refractivity contribution in [3.8, 4) is 22.7 Å². The number of rotatable bonds is 5. The number of H-pyrrole nitrogens is 1. The van der Waals surface area contributed by atoms with Crippen molar-refractivity contribution in [3.63, 3.8) is 0 Å². The number of ether oxygens (including phenoxy) is 1. The average molecular weight is 439 g/mol. The van der Waals surface area contributed by atoms with Crippen molar-refractivity contribution in [2.45, 2.75) is 0 Å². The summed E-state index contributed by atoms with van der Waals surface area (Å²) < 4.78 is 11.7. The quantitative estimate of drug-likeness (QED) is 0.419. The molecule has 6 rings (SSSR count). The first-order valence-corrected chi connectivity index (χ1v) is 10.8. The van der Waals surface area contributed by atoms with E-state index in [0.29, 0.717) is 41.8 Å². The van der Waals surface area contributed by atoms with Gasteiger partial charge in [0.2, 0.25) is 5.95 Å². The highest BCUT2D eigenvalue weighted by atomic mass is 16.5.